The first-order valence-electron chi connectivity index (χ1n) is 23.2. The second kappa shape index (κ2) is 19.6. The summed E-state index contributed by atoms with van der Waals surface area (Å²) in [6, 6.07) is 13.8. The van der Waals surface area contributed by atoms with Gasteiger partial charge in [-0.1, -0.05) is 49.8 Å². The maximum Gasteiger partial charge on any atom is 0.326 e. The largest absolute Gasteiger partial charge is 0.480 e. The van der Waals surface area contributed by atoms with Crippen molar-refractivity contribution < 1.29 is 38.9 Å². The van der Waals surface area contributed by atoms with E-state index in [0.717, 1.165) is 16.8 Å². The number of ketones is 1. The van der Waals surface area contributed by atoms with Crippen molar-refractivity contribution in [3.8, 4) is 0 Å². The van der Waals surface area contributed by atoms with Crippen LogP contribution >= 0.6 is 23.5 Å². The summed E-state index contributed by atoms with van der Waals surface area (Å²) in [7, 11) is 1.86. The molecule has 6 unspecified atom stereocenters. The minimum absolute atomic E-state index is 0.0147. The number of rotatable bonds is 17. The minimum Gasteiger partial charge on any atom is -0.480 e. The molecule has 2 amide bonds. The third-order valence-corrected chi connectivity index (χ3v) is 17.3. The van der Waals surface area contributed by atoms with Gasteiger partial charge in [-0.2, -0.15) is 33.5 Å². The monoisotopic (exact) mass is 981 g/mol. The van der Waals surface area contributed by atoms with Crippen LogP contribution in [0.4, 0.5) is 21.8 Å². The number of fused-ring (bicyclic) bond motifs is 6. The van der Waals surface area contributed by atoms with E-state index in [0.29, 0.717) is 83.4 Å². The van der Waals surface area contributed by atoms with Crippen LogP contribution in [0.5, 0.6) is 0 Å². The summed E-state index contributed by atoms with van der Waals surface area (Å²) in [6.07, 6.45) is 6.20. The average molecular weight is 982 g/mol. The third-order valence-electron chi connectivity index (χ3n) is 15.3. The number of nitrogen functional groups attached to an aromatic ring is 2. The summed E-state index contributed by atoms with van der Waals surface area (Å²) in [5, 5.41) is 39.5. The van der Waals surface area contributed by atoms with Gasteiger partial charge in [0.1, 0.15) is 6.04 Å². The Kier molecular flexibility index (Phi) is 14.2. The van der Waals surface area contributed by atoms with Gasteiger partial charge in [-0.3, -0.25) is 14.4 Å². The number of carboxylic acid groups (broad SMARTS) is 1. The number of carbonyl (C=O) groups excluding carboxylic acids is 3. The molecule has 366 valence electrons. The molecule has 4 aliphatic rings. The minimum atomic E-state index is -2.03. The summed E-state index contributed by atoms with van der Waals surface area (Å²) < 4.78 is 17.5. The molecular formula is C50H60FN9O7S2. The summed E-state index contributed by atoms with van der Waals surface area (Å²) >= 11 is 3.21. The Morgan fingerprint density at radius 3 is 2.43 bits per heavy atom. The fourth-order valence-corrected chi connectivity index (χ4v) is 13.3. The fourth-order valence-electron chi connectivity index (χ4n) is 11.6. The van der Waals surface area contributed by atoms with Crippen LogP contribution in [-0.4, -0.2) is 107 Å². The second-order valence-electron chi connectivity index (χ2n) is 19.4. The van der Waals surface area contributed by atoms with Crippen molar-refractivity contribution in [1.29, 1.82) is 0 Å². The van der Waals surface area contributed by atoms with Crippen LogP contribution in [-0.2, 0) is 32.4 Å². The average Bonchev–Trinajstić information content (AvgIpc) is 3.51. The lowest BCUT2D eigenvalue weighted by Crippen LogP contribution is -2.70. The quantitative estimate of drug-likeness (QED) is 0.0652. The van der Waals surface area contributed by atoms with Gasteiger partial charge >= 0.3 is 5.97 Å². The van der Waals surface area contributed by atoms with Crippen molar-refractivity contribution in [2.75, 3.05) is 41.5 Å². The fraction of sp³-hybridized carbons (Fsp3) is 0.480. The first-order valence-corrected chi connectivity index (χ1v) is 25.5. The van der Waals surface area contributed by atoms with Crippen molar-refractivity contribution in [2.24, 2.45) is 28.6 Å². The van der Waals surface area contributed by atoms with E-state index in [1.165, 1.54) is 12.2 Å². The summed E-state index contributed by atoms with van der Waals surface area (Å²) in [4.78, 5) is 70.2. The number of nitrogens with zero attached hydrogens (tertiary/aromatic N) is 5. The van der Waals surface area contributed by atoms with Crippen molar-refractivity contribution >= 4 is 75.7 Å². The van der Waals surface area contributed by atoms with Crippen LogP contribution in [0, 0.1) is 28.6 Å². The molecule has 4 aliphatic carbocycles. The van der Waals surface area contributed by atoms with Gasteiger partial charge < -0.3 is 42.3 Å². The highest BCUT2D eigenvalue weighted by Gasteiger charge is 2.75. The summed E-state index contributed by atoms with van der Waals surface area (Å²) in [6.45, 7) is 6.12. The molecule has 0 aliphatic heterocycles. The van der Waals surface area contributed by atoms with Crippen LogP contribution in [0.2, 0.25) is 0 Å². The van der Waals surface area contributed by atoms with Gasteiger partial charge in [-0.25, -0.2) is 19.2 Å². The van der Waals surface area contributed by atoms with Gasteiger partial charge in [-0.05, 0) is 104 Å². The molecule has 9 atom stereocenters. The number of alkyl halides is 1. The molecule has 2 aromatic carbocycles. The molecule has 19 heteroatoms. The van der Waals surface area contributed by atoms with Gasteiger partial charge in [-0.15, -0.1) is 0 Å². The van der Waals surface area contributed by atoms with E-state index in [1.54, 1.807) is 67.0 Å². The number of benzene rings is 2. The predicted molar refractivity (Wildman–Crippen MR) is 266 cm³/mol. The molecule has 2 aromatic heterocycles. The van der Waals surface area contributed by atoms with Crippen LogP contribution < -0.4 is 27.0 Å². The number of carboxylic acids is 1. The van der Waals surface area contributed by atoms with E-state index in [9.17, 15) is 34.5 Å². The molecule has 69 heavy (non-hydrogen) atoms. The number of allylic oxidation sites excluding steroid dienone is 4. The molecule has 3 saturated carbocycles. The zero-order chi connectivity index (χ0) is 49.5. The number of nitrogens with one attached hydrogen (secondary N) is 2. The van der Waals surface area contributed by atoms with E-state index >= 15 is 4.39 Å². The number of aliphatic carboxylic acids is 1. The van der Waals surface area contributed by atoms with Crippen molar-refractivity contribution in [3.63, 3.8) is 0 Å². The normalized spacial score (nSPS) is 28.5. The van der Waals surface area contributed by atoms with Crippen LogP contribution in [0.15, 0.2) is 78.5 Å². The Bertz CT molecular complexity index is 2710. The number of carbonyl (C=O) groups is 4. The number of aliphatic hydroxyl groups excluding tert-OH is 1. The molecule has 0 saturated heterocycles. The van der Waals surface area contributed by atoms with Crippen molar-refractivity contribution in [3.05, 3.63) is 101 Å². The van der Waals surface area contributed by atoms with E-state index in [2.05, 4.69) is 36.6 Å². The molecule has 3 fully saturated rings. The Labute approximate surface area is 408 Å². The third kappa shape index (κ3) is 9.30. The first kappa shape index (κ1) is 49.8. The molecule has 0 spiro atoms. The SMILES string of the molecule is C[C@@H]1CC2C3CCC4=CC(=O)C=C[C@]4(C)C3(F)C(O)C[C@]2(C)C1(O)C(=O)NCCSCc1cccc(CSCCC(NC(=O)c2ccc(N(C)Cc3cnc4nc(N)nc(N)c4n3)cc2)C(=O)O)c1. The summed E-state index contributed by atoms with van der Waals surface area (Å²) in [5.41, 5.74) is 10.8. The first-order chi connectivity index (χ1) is 32.8. The van der Waals surface area contributed by atoms with Gasteiger partial charge in [0.25, 0.3) is 11.8 Å². The maximum atomic E-state index is 17.5. The van der Waals surface area contributed by atoms with E-state index in [4.69, 9.17) is 11.5 Å². The zero-order valence-electron chi connectivity index (χ0n) is 39.2. The van der Waals surface area contributed by atoms with Crippen molar-refractivity contribution in [2.45, 2.75) is 94.3 Å². The van der Waals surface area contributed by atoms with Crippen LogP contribution in [0.25, 0.3) is 11.2 Å². The van der Waals surface area contributed by atoms with E-state index < -0.39 is 63.9 Å². The topological polar surface area (TPSA) is 260 Å². The second-order valence-corrected chi connectivity index (χ2v) is 21.6. The molecule has 0 radical (unpaired) electrons. The van der Waals surface area contributed by atoms with Crippen LogP contribution in [0.1, 0.15) is 80.1 Å². The van der Waals surface area contributed by atoms with Crippen LogP contribution in [0.3, 0.4) is 0 Å². The standard InChI is InChI=1S/C50H60FN9O7S2/c1-28-20-37-36-13-10-32-22-35(61)14-16-47(32,2)49(36,51)39(62)23-48(37,3)50(28,67)45(66)54-17-19-69-27-30-7-5-6-29(21-30)26-68-18-15-38(44(64)65)57-43(63)31-8-11-34(12-9-31)60(4)25-33-24-55-42-40(56-33)41(52)58-46(53)59-42/h5-9,11-12,14,16,21-22,24,28,36-39,62,67H,10,13,15,17-20,23,25-27H2,1-4H3,(H,54,66)(H,57,63)(H,64,65)(H4,52,53,55,58,59)/t28-,36?,37?,38?,39?,47+,48+,49?,50?/m1/s1. The van der Waals surface area contributed by atoms with E-state index in [1.807, 2.05) is 44.0 Å². The number of aromatic nitrogens is 4. The molecule has 0 bridgehead atoms. The van der Waals surface area contributed by atoms with Gasteiger partial charge in [0.05, 0.1) is 24.5 Å². The number of nitrogens with two attached hydrogens (primary N) is 2. The number of thioether (sulfide) groups is 2. The van der Waals surface area contributed by atoms with Gasteiger partial charge in [0, 0.05) is 58.8 Å². The number of halogens is 1. The Balaban J connectivity index is 0.768. The van der Waals surface area contributed by atoms with E-state index in [-0.39, 0.29) is 36.3 Å². The molecular weight excluding hydrogens is 922 g/mol. The molecule has 2 heterocycles. The number of aliphatic hydroxyl groups is 2. The Morgan fingerprint density at radius 1 is 1.01 bits per heavy atom. The highest BCUT2D eigenvalue weighted by atomic mass is 32.2. The smallest absolute Gasteiger partial charge is 0.326 e. The lowest BCUT2D eigenvalue weighted by molar-refractivity contribution is -0.219. The summed E-state index contributed by atoms with van der Waals surface area (Å²) in [5.74, 6) is -1.10. The number of hydrogen-bond donors (Lipinski definition) is 7. The molecule has 16 nitrogen and oxygen atoms in total. The molecule has 9 N–H and O–H groups in total. The molecule has 4 aromatic rings. The predicted octanol–water partition coefficient (Wildman–Crippen LogP) is 5.42. The Morgan fingerprint density at radius 2 is 1.72 bits per heavy atom. The highest BCUT2D eigenvalue weighted by Crippen LogP contribution is 2.70. The lowest BCUT2D eigenvalue weighted by Gasteiger charge is -2.62. The number of hydrogen-bond acceptors (Lipinski definition) is 15. The highest BCUT2D eigenvalue weighted by molar-refractivity contribution is 7.98. The number of amides is 2. The maximum absolute atomic E-state index is 17.5. The zero-order valence-corrected chi connectivity index (χ0v) is 40.8. The van der Waals surface area contributed by atoms with Crippen molar-refractivity contribution in [1.82, 2.24) is 30.6 Å². The van der Waals surface area contributed by atoms with Gasteiger partial charge in [0.15, 0.2) is 34.0 Å². The number of anilines is 3. The molecule has 8 rings (SSSR count). The Hall–Kier alpha value is -5.63. The lowest BCUT2D eigenvalue weighted by atomic mass is 9.44. The van der Waals surface area contributed by atoms with Gasteiger partial charge in [0.2, 0.25) is 5.95 Å².